The van der Waals surface area contributed by atoms with Gasteiger partial charge in [-0.15, -0.1) is 0 Å². The third-order valence-electron chi connectivity index (χ3n) is 6.20. The van der Waals surface area contributed by atoms with Crippen molar-refractivity contribution in [3.05, 3.63) is 88.9 Å². The Kier molecular flexibility index (Phi) is 4.01. The molecule has 0 atom stereocenters. The second-order valence-electron chi connectivity index (χ2n) is 8.07. The van der Waals surface area contributed by atoms with Gasteiger partial charge in [0, 0.05) is 60.5 Å². The molecule has 0 saturated heterocycles. The number of aromatic nitrogens is 4. The summed E-state index contributed by atoms with van der Waals surface area (Å²) in [5.41, 5.74) is 7.35. The molecule has 1 aliphatic rings. The van der Waals surface area contributed by atoms with E-state index in [1.54, 1.807) is 4.57 Å². The van der Waals surface area contributed by atoms with Crippen molar-refractivity contribution in [2.45, 2.75) is 13.0 Å². The van der Waals surface area contributed by atoms with E-state index in [2.05, 4.69) is 56.2 Å². The van der Waals surface area contributed by atoms with Gasteiger partial charge in [-0.2, -0.15) is 0 Å². The first-order valence-corrected chi connectivity index (χ1v) is 10.4. The monoisotopic (exact) mass is 407 g/mol. The molecule has 6 nitrogen and oxygen atoms in total. The van der Waals surface area contributed by atoms with Crippen LogP contribution in [0.25, 0.3) is 38.8 Å². The Balaban J connectivity index is 1.49. The van der Waals surface area contributed by atoms with Gasteiger partial charge in [0.1, 0.15) is 5.65 Å². The van der Waals surface area contributed by atoms with E-state index in [1.165, 1.54) is 0 Å². The Morgan fingerprint density at radius 3 is 2.87 bits per heavy atom. The highest BCUT2D eigenvalue weighted by Crippen LogP contribution is 2.30. The van der Waals surface area contributed by atoms with E-state index in [-0.39, 0.29) is 5.56 Å². The highest BCUT2D eigenvalue weighted by Gasteiger charge is 2.19. The normalized spacial score (nSPS) is 13.6. The first-order chi connectivity index (χ1) is 15.2. The SMILES string of the molecule is Cn1cc(-c2ccn3c(-c4ccc5cnccc5c4)cnc3c2)c2c(c1=O)CCNC2. The molecular weight excluding hydrogens is 386 g/mol. The first kappa shape index (κ1) is 18.0. The Morgan fingerprint density at radius 2 is 1.94 bits per heavy atom. The molecule has 1 N–H and O–H groups in total. The fourth-order valence-electron chi connectivity index (χ4n) is 4.57. The van der Waals surface area contributed by atoms with Crippen LogP contribution in [-0.2, 0) is 20.0 Å². The van der Waals surface area contributed by atoms with Crippen LogP contribution < -0.4 is 10.9 Å². The second kappa shape index (κ2) is 6.89. The fourth-order valence-corrected chi connectivity index (χ4v) is 4.57. The molecule has 0 amide bonds. The van der Waals surface area contributed by atoms with Crippen LogP contribution >= 0.6 is 0 Å². The van der Waals surface area contributed by atoms with Gasteiger partial charge in [-0.25, -0.2) is 4.98 Å². The number of rotatable bonds is 2. The lowest BCUT2D eigenvalue weighted by Gasteiger charge is -2.21. The molecule has 0 radical (unpaired) electrons. The average molecular weight is 407 g/mol. The number of nitrogens with one attached hydrogen (secondary N) is 1. The summed E-state index contributed by atoms with van der Waals surface area (Å²) in [5, 5.41) is 5.68. The van der Waals surface area contributed by atoms with E-state index in [9.17, 15) is 4.79 Å². The van der Waals surface area contributed by atoms with E-state index in [1.807, 2.05) is 37.9 Å². The summed E-state index contributed by atoms with van der Waals surface area (Å²) >= 11 is 0. The summed E-state index contributed by atoms with van der Waals surface area (Å²) in [6.45, 7) is 1.56. The molecule has 6 heteroatoms. The van der Waals surface area contributed by atoms with Crippen molar-refractivity contribution in [2.24, 2.45) is 7.05 Å². The van der Waals surface area contributed by atoms with Gasteiger partial charge >= 0.3 is 0 Å². The van der Waals surface area contributed by atoms with Crippen LogP contribution in [0.5, 0.6) is 0 Å². The van der Waals surface area contributed by atoms with E-state index < -0.39 is 0 Å². The van der Waals surface area contributed by atoms with Gasteiger partial charge in [0.15, 0.2) is 0 Å². The molecule has 5 aromatic rings. The van der Waals surface area contributed by atoms with Crippen LogP contribution in [0.2, 0.25) is 0 Å². The summed E-state index contributed by atoms with van der Waals surface area (Å²) in [6.07, 6.45) is 10.4. The quantitative estimate of drug-likeness (QED) is 0.486. The van der Waals surface area contributed by atoms with Crippen molar-refractivity contribution >= 4 is 16.4 Å². The molecule has 4 aromatic heterocycles. The van der Waals surface area contributed by atoms with Gasteiger partial charge < -0.3 is 9.88 Å². The Morgan fingerprint density at radius 1 is 1.00 bits per heavy atom. The van der Waals surface area contributed by atoms with Crippen molar-refractivity contribution in [3.8, 4) is 22.4 Å². The van der Waals surface area contributed by atoms with Crippen LogP contribution in [-0.4, -0.2) is 25.5 Å². The van der Waals surface area contributed by atoms with Gasteiger partial charge in [0.25, 0.3) is 5.56 Å². The smallest absolute Gasteiger partial charge is 0.253 e. The van der Waals surface area contributed by atoms with E-state index in [0.717, 1.165) is 69.4 Å². The standard InChI is InChI=1S/C25H21N5O/c1-29-15-22(21-13-27-8-5-20(21)25(29)31)17-6-9-30-23(14-28-24(30)11-17)18-2-3-19-12-26-7-4-16(19)10-18/h2-4,6-7,9-12,14-15,27H,5,8,13H2,1H3. The molecule has 0 unspecified atom stereocenters. The summed E-state index contributed by atoms with van der Waals surface area (Å²) < 4.78 is 3.81. The molecule has 0 saturated carbocycles. The third-order valence-corrected chi connectivity index (χ3v) is 6.20. The van der Waals surface area contributed by atoms with Crippen LogP contribution in [0, 0.1) is 0 Å². The molecule has 0 fully saturated rings. The predicted molar refractivity (Wildman–Crippen MR) is 122 cm³/mol. The number of hydrogen-bond donors (Lipinski definition) is 1. The lowest BCUT2D eigenvalue weighted by Crippen LogP contribution is -2.33. The average Bonchev–Trinajstić information content (AvgIpc) is 3.24. The molecule has 1 aliphatic heterocycles. The zero-order valence-electron chi connectivity index (χ0n) is 17.2. The fraction of sp³-hybridized carbons (Fsp3) is 0.160. The summed E-state index contributed by atoms with van der Waals surface area (Å²) in [6, 6.07) is 12.6. The van der Waals surface area contributed by atoms with Gasteiger partial charge in [0.2, 0.25) is 0 Å². The minimum absolute atomic E-state index is 0.107. The van der Waals surface area contributed by atoms with E-state index in [0.29, 0.717) is 0 Å². The molecule has 5 heterocycles. The second-order valence-corrected chi connectivity index (χ2v) is 8.07. The van der Waals surface area contributed by atoms with E-state index in [4.69, 9.17) is 0 Å². The molecular formula is C25H21N5O. The van der Waals surface area contributed by atoms with Crippen molar-refractivity contribution in [2.75, 3.05) is 6.54 Å². The number of aryl methyl sites for hydroxylation is 1. The third kappa shape index (κ3) is 2.87. The Labute approximate surface area is 178 Å². The van der Waals surface area contributed by atoms with Crippen LogP contribution in [0.1, 0.15) is 11.1 Å². The molecule has 152 valence electrons. The lowest BCUT2D eigenvalue weighted by molar-refractivity contribution is 0.629. The van der Waals surface area contributed by atoms with Crippen LogP contribution in [0.4, 0.5) is 0 Å². The lowest BCUT2D eigenvalue weighted by atomic mass is 9.94. The minimum atomic E-state index is 0.107. The van der Waals surface area contributed by atoms with Gasteiger partial charge in [-0.3, -0.25) is 14.2 Å². The number of pyridine rings is 3. The first-order valence-electron chi connectivity index (χ1n) is 10.4. The highest BCUT2D eigenvalue weighted by atomic mass is 16.1. The minimum Gasteiger partial charge on any atom is -0.318 e. The zero-order chi connectivity index (χ0) is 20.9. The molecule has 1 aromatic carbocycles. The molecule has 0 bridgehead atoms. The van der Waals surface area contributed by atoms with Crippen molar-refractivity contribution in [1.82, 2.24) is 24.3 Å². The maximum atomic E-state index is 12.6. The Hall–Kier alpha value is -3.77. The summed E-state index contributed by atoms with van der Waals surface area (Å²) in [7, 11) is 1.83. The zero-order valence-corrected chi connectivity index (χ0v) is 17.2. The van der Waals surface area contributed by atoms with Crippen molar-refractivity contribution < 1.29 is 0 Å². The molecule has 6 rings (SSSR count). The summed E-state index contributed by atoms with van der Waals surface area (Å²) in [4.78, 5) is 21.4. The van der Waals surface area contributed by atoms with Gasteiger partial charge in [0.05, 0.1) is 11.9 Å². The van der Waals surface area contributed by atoms with Crippen LogP contribution in [0.15, 0.2) is 72.2 Å². The van der Waals surface area contributed by atoms with Crippen molar-refractivity contribution in [3.63, 3.8) is 0 Å². The predicted octanol–water partition coefficient (Wildman–Crippen LogP) is 3.56. The summed E-state index contributed by atoms with van der Waals surface area (Å²) in [5.74, 6) is 0. The maximum Gasteiger partial charge on any atom is 0.253 e. The topological polar surface area (TPSA) is 64.2 Å². The number of nitrogens with zero attached hydrogens (tertiary/aromatic N) is 4. The largest absolute Gasteiger partial charge is 0.318 e. The maximum absolute atomic E-state index is 12.6. The number of imidazole rings is 1. The van der Waals surface area contributed by atoms with Gasteiger partial charge in [-0.1, -0.05) is 12.1 Å². The number of benzene rings is 1. The Bertz CT molecular complexity index is 1530. The van der Waals surface area contributed by atoms with Crippen molar-refractivity contribution in [1.29, 1.82) is 0 Å². The highest BCUT2D eigenvalue weighted by molar-refractivity contribution is 5.86. The molecule has 0 spiro atoms. The van der Waals surface area contributed by atoms with Gasteiger partial charge in [-0.05, 0) is 53.7 Å². The molecule has 31 heavy (non-hydrogen) atoms. The van der Waals surface area contributed by atoms with E-state index >= 15 is 0 Å². The number of fused-ring (bicyclic) bond motifs is 3. The number of hydrogen-bond acceptors (Lipinski definition) is 4. The van der Waals surface area contributed by atoms with Crippen LogP contribution in [0.3, 0.4) is 0 Å². The molecule has 0 aliphatic carbocycles.